The average molecular weight is 242 g/mol. The summed E-state index contributed by atoms with van der Waals surface area (Å²) in [5.74, 6) is 0. The van der Waals surface area contributed by atoms with Crippen molar-refractivity contribution in [3.8, 4) is 0 Å². The highest BCUT2D eigenvalue weighted by molar-refractivity contribution is 7.10. The Morgan fingerprint density at radius 2 is 2.12 bits per heavy atom. The third-order valence-electron chi connectivity index (χ3n) is 2.60. The molecule has 3 rings (SSSR count). The van der Waals surface area contributed by atoms with Crippen LogP contribution in [0.5, 0.6) is 0 Å². The number of thiophene rings is 1. The standard InChI is InChI=1S/C13H10N2OS/c1-8-4-5-11-12(14-8)10(13(16)15-11)7-9-3-2-6-17-9/h2-7,14H,1H2,(H,15,16). The predicted molar refractivity (Wildman–Crippen MR) is 69.4 cm³/mol. The van der Waals surface area contributed by atoms with Crippen molar-refractivity contribution in [2.75, 3.05) is 0 Å². The molecule has 2 aliphatic heterocycles. The van der Waals surface area contributed by atoms with Crippen LogP contribution in [0.15, 0.2) is 34.4 Å². The molecule has 17 heavy (non-hydrogen) atoms. The van der Waals surface area contributed by atoms with Gasteiger partial charge in [-0.3, -0.25) is 4.79 Å². The first kappa shape index (κ1) is 10.1. The Kier molecular flexibility index (Phi) is 2.23. The minimum absolute atomic E-state index is 0.0738. The summed E-state index contributed by atoms with van der Waals surface area (Å²) in [7, 11) is 0. The highest BCUT2D eigenvalue weighted by atomic mass is 32.1. The lowest BCUT2D eigenvalue weighted by atomic mass is 10.3. The van der Waals surface area contributed by atoms with E-state index in [1.54, 1.807) is 11.3 Å². The number of aromatic nitrogens is 2. The second-order valence-corrected chi connectivity index (χ2v) is 4.78. The zero-order chi connectivity index (χ0) is 11.8. The summed E-state index contributed by atoms with van der Waals surface area (Å²) < 4.78 is 0. The highest BCUT2D eigenvalue weighted by Gasteiger charge is 1.99. The van der Waals surface area contributed by atoms with Gasteiger partial charge in [0.05, 0.1) is 15.9 Å². The second-order valence-electron chi connectivity index (χ2n) is 3.80. The minimum atomic E-state index is -0.0738. The lowest BCUT2D eigenvalue weighted by molar-refractivity contribution is 1.15. The summed E-state index contributed by atoms with van der Waals surface area (Å²) in [6.07, 6.45) is 1.89. The largest absolute Gasteiger partial charge is 0.354 e. The molecule has 1 aromatic rings. The molecule has 0 fully saturated rings. The van der Waals surface area contributed by atoms with Crippen LogP contribution in [0, 0.1) is 10.7 Å². The van der Waals surface area contributed by atoms with Crippen molar-refractivity contribution in [2.45, 2.75) is 0 Å². The molecule has 1 aromatic heterocycles. The number of hydrogen-bond acceptors (Lipinski definition) is 2. The van der Waals surface area contributed by atoms with Gasteiger partial charge in [0, 0.05) is 10.2 Å². The van der Waals surface area contributed by atoms with Crippen molar-refractivity contribution in [3.05, 3.63) is 66.1 Å². The zero-order valence-corrected chi connectivity index (χ0v) is 9.80. The molecule has 2 N–H and O–H groups in total. The molecular weight excluding hydrogens is 232 g/mol. The monoisotopic (exact) mass is 242 g/mol. The molecule has 3 heterocycles. The number of nitrogens with one attached hydrogen (secondary N) is 2. The van der Waals surface area contributed by atoms with Gasteiger partial charge in [-0.25, -0.2) is 0 Å². The second kappa shape index (κ2) is 3.75. The molecule has 4 heteroatoms. The van der Waals surface area contributed by atoms with Crippen molar-refractivity contribution in [1.29, 1.82) is 0 Å². The van der Waals surface area contributed by atoms with Crippen molar-refractivity contribution in [3.63, 3.8) is 0 Å². The van der Waals surface area contributed by atoms with E-state index in [0.29, 0.717) is 5.22 Å². The first-order valence-electron chi connectivity index (χ1n) is 5.19. The van der Waals surface area contributed by atoms with Gasteiger partial charge in [-0.15, -0.1) is 11.3 Å². The van der Waals surface area contributed by atoms with Crippen LogP contribution in [0.3, 0.4) is 0 Å². The summed E-state index contributed by atoms with van der Waals surface area (Å²) in [5, 5.41) is 5.06. The Bertz CT molecular complexity index is 871. The molecule has 0 unspecified atom stereocenters. The summed E-state index contributed by atoms with van der Waals surface area (Å²) in [6.45, 7) is 3.84. The van der Waals surface area contributed by atoms with Gasteiger partial charge >= 0.3 is 0 Å². The Labute approximate surface area is 100 Å². The molecule has 0 bridgehead atoms. The van der Waals surface area contributed by atoms with Gasteiger partial charge in [0.15, 0.2) is 0 Å². The van der Waals surface area contributed by atoms with E-state index >= 15 is 0 Å². The van der Waals surface area contributed by atoms with Crippen LogP contribution >= 0.6 is 11.3 Å². The maximum Gasteiger partial charge on any atom is 0.257 e. The lowest BCUT2D eigenvalue weighted by Gasteiger charge is -1.86. The molecule has 0 saturated carbocycles. The van der Waals surface area contributed by atoms with Crippen LogP contribution < -0.4 is 16.1 Å². The Hall–Kier alpha value is -2.07. The van der Waals surface area contributed by atoms with E-state index in [4.69, 9.17) is 0 Å². The van der Waals surface area contributed by atoms with Gasteiger partial charge < -0.3 is 9.97 Å². The van der Waals surface area contributed by atoms with Crippen LogP contribution in [0.4, 0.5) is 0 Å². The number of aromatic amines is 2. The first-order valence-corrected chi connectivity index (χ1v) is 6.07. The zero-order valence-electron chi connectivity index (χ0n) is 8.99. The maximum absolute atomic E-state index is 11.9. The van der Waals surface area contributed by atoms with Crippen molar-refractivity contribution in [2.24, 2.45) is 0 Å². The number of hydrogen-bond donors (Lipinski definition) is 2. The average Bonchev–Trinajstić information content (AvgIpc) is 2.90. The molecule has 0 amide bonds. The molecule has 84 valence electrons. The van der Waals surface area contributed by atoms with E-state index in [-0.39, 0.29) is 5.56 Å². The molecular formula is C13H10N2OS. The molecule has 0 saturated heterocycles. The van der Waals surface area contributed by atoms with Crippen LogP contribution in [0.1, 0.15) is 4.88 Å². The molecule has 0 aromatic carbocycles. The third-order valence-corrected chi connectivity index (χ3v) is 3.42. The van der Waals surface area contributed by atoms with E-state index in [1.165, 1.54) is 0 Å². The Morgan fingerprint density at radius 1 is 1.24 bits per heavy atom. The summed E-state index contributed by atoms with van der Waals surface area (Å²) in [4.78, 5) is 18.9. The van der Waals surface area contributed by atoms with Crippen LogP contribution in [0.2, 0.25) is 0 Å². The summed E-state index contributed by atoms with van der Waals surface area (Å²) in [5.41, 5.74) is -0.0738. The lowest BCUT2D eigenvalue weighted by Crippen LogP contribution is -2.23. The fourth-order valence-corrected chi connectivity index (χ4v) is 2.47. The van der Waals surface area contributed by atoms with E-state index in [1.807, 2.05) is 35.7 Å². The summed E-state index contributed by atoms with van der Waals surface area (Å²) >= 11 is 1.60. The minimum Gasteiger partial charge on any atom is -0.354 e. The van der Waals surface area contributed by atoms with Crippen molar-refractivity contribution in [1.82, 2.24) is 9.97 Å². The van der Waals surface area contributed by atoms with Crippen LogP contribution in [0.25, 0.3) is 12.7 Å². The van der Waals surface area contributed by atoms with Crippen LogP contribution in [-0.4, -0.2) is 9.97 Å². The Morgan fingerprint density at radius 3 is 2.88 bits per heavy atom. The topological polar surface area (TPSA) is 48.6 Å². The fraction of sp³-hybridized carbons (Fsp3) is 0. The molecule has 3 nitrogen and oxygen atoms in total. The molecule has 0 atom stereocenters. The number of H-pyrrole nitrogens is 2. The van der Waals surface area contributed by atoms with E-state index in [0.717, 1.165) is 20.9 Å². The van der Waals surface area contributed by atoms with Gasteiger partial charge in [-0.2, -0.15) is 0 Å². The normalized spacial score (nSPS) is 12.4. The van der Waals surface area contributed by atoms with Gasteiger partial charge in [-0.1, -0.05) is 12.6 Å². The maximum atomic E-state index is 11.9. The van der Waals surface area contributed by atoms with Crippen molar-refractivity contribution >= 4 is 24.0 Å². The fourth-order valence-electron chi connectivity index (χ4n) is 1.81. The number of rotatable bonds is 1. The molecule has 2 aliphatic rings. The van der Waals surface area contributed by atoms with Crippen molar-refractivity contribution < 1.29 is 0 Å². The van der Waals surface area contributed by atoms with E-state index in [2.05, 4.69) is 16.5 Å². The van der Waals surface area contributed by atoms with E-state index in [9.17, 15) is 4.79 Å². The Balaban J connectivity index is 2.48. The summed E-state index contributed by atoms with van der Waals surface area (Å²) in [6, 6.07) is 7.65. The van der Waals surface area contributed by atoms with Crippen LogP contribution in [-0.2, 0) is 0 Å². The molecule has 0 radical (unpaired) electrons. The molecule has 0 aliphatic carbocycles. The SMILES string of the molecule is C=c1ccc2[nH]c(=O)c(=Cc3cccs3)c=2[nH]1. The van der Waals surface area contributed by atoms with Gasteiger partial charge in [0.1, 0.15) is 0 Å². The smallest absolute Gasteiger partial charge is 0.257 e. The quantitative estimate of drug-likeness (QED) is 0.649. The van der Waals surface area contributed by atoms with Gasteiger partial charge in [-0.05, 0) is 29.7 Å². The van der Waals surface area contributed by atoms with Gasteiger partial charge in [0.2, 0.25) is 0 Å². The molecule has 0 spiro atoms. The predicted octanol–water partition coefficient (Wildman–Crippen LogP) is 0.728. The first-order chi connectivity index (χ1) is 8.24. The van der Waals surface area contributed by atoms with E-state index < -0.39 is 0 Å². The highest BCUT2D eigenvalue weighted by Crippen LogP contribution is 2.08. The van der Waals surface area contributed by atoms with Gasteiger partial charge in [0.25, 0.3) is 5.56 Å². The third kappa shape index (κ3) is 1.72.